The second-order valence-corrected chi connectivity index (χ2v) is 5.38. The van der Waals surface area contributed by atoms with Crippen molar-refractivity contribution in [1.29, 1.82) is 0 Å². The molecule has 0 aliphatic rings. The number of likely N-dealkylation sites (N-methyl/N-ethyl adjacent to an activating group) is 1. The zero-order valence-electron chi connectivity index (χ0n) is 11.5. The number of carbonyl (C=O) groups is 1. The lowest BCUT2D eigenvalue weighted by molar-refractivity contribution is -0.132. The predicted molar refractivity (Wildman–Crippen MR) is 81.9 cm³/mol. The fraction of sp³-hybridized carbons (Fsp3) is 0.286. The number of aromatic nitrogens is 2. The molecule has 1 aromatic heterocycles. The Balaban J connectivity index is 1.80. The number of H-pyrrole nitrogens is 1. The molecule has 2 aromatic rings. The van der Waals surface area contributed by atoms with Gasteiger partial charge in [0.25, 0.3) is 5.91 Å². The van der Waals surface area contributed by atoms with Gasteiger partial charge in [0.2, 0.25) is 0 Å². The Bertz CT molecular complexity index is 602. The number of nitrogens with one attached hydrogen (secondary N) is 1. The maximum Gasteiger partial charge on any atom is 0.260 e. The first-order chi connectivity index (χ1) is 10.1. The van der Waals surface area contributed by atoms with Crippen LogP contribution in [0.15, 0.2) is 30.6 Å². The standard InChI is InChI=1S/C14H15Cl2N3O2/c1-19(5-4-10-7-17-18-8-10)14(20)9-21-13-3-2-11(15)6-12(13)16/h2-3,6-8H,4-5,9H2,1H3,(H,17,18). The third kappa shape index (κ3) is 4.65. The van der Waals surface area contributed by atoms with E-state index in [1.54, 1.807) is 36.3 Å². The first-order valence-corrected chi connectivity index (χ1v) is 7.11. The van der Waals surface area contributed by atoms with Crippen molar-refractivity contribution in [2.24, 2.45) is 0 Å². The van der Waals surface area contributed by atoms with Crippen LogP contribution in [-0.2, 0) is 11.2 Å². The van der Waals surface area contributed by atoms with Crippen LogP contribution in [0.5, 0.6) is 5.75 Å². The van der Waals surface area contributed by atoms with Gasteiger partial charge in [-0.25, -0.2) is 0 Å². The summed E-state index contributed by atoms with van der Waals surface area (Å²) in [5.41, 5.74) is 1.05. The average Bonchev–Trinajstić information content (AvgIpc) is 2.96. The number of benzene rings is 1. The highest BCUT2D eigenvalue weighted by Gasteiger charge is 2.11. The second-order valence-electron chi connectivity index (χ2n) is 4.54. The second kappa shape index (κ2) is 7.33. The van der Waals surface area contributed by atoms with Crippen LogP contribution in [0.1, 0.15) is 5.56 Å². The molecule has 5 nitrogen and oxygen atoms in total. The summed E-state index contributed by atoms with van der Waals surface area (Å²) >= 11 is 11.8. The molecule has 0 aliphatic carbocycles. The molecular formula is C14H15Cl2N3O2. The zero-order valence-corrected chi connectivity index (χ0v) is 13.0. The smallest absolute Gasteiger partial charge is 0.260 e. The first kappa shape index (κ1) is 15.7. The summed E-state index contributed by atoms with van der Waals surface area (Å²) in [6, 6.07) is 4.88. The molecule has 2 rings (SSSR count). The molecular weight excluding hydrogens is 313 g/mol. The van der Waals surface area contributed by atoms with Crippen molar-refractivity contribution in [3.8, 4) is 5.75 Å². The van der Waals surface area contributed by atoms with Crippen LogP contribution in [0.4, 0.5) is 0 Å². The fourth-order valence-corrected chi connectivity index (χ4v) is 2.14. The molecule has 1 amide bonds. The van der Waals surface area contributed by atoms with Crippen molar-refractivity contribution in [1.82, 2.24) is 15.1 Å². The molecule has 0 saturated carbocycles. The van der Waals surface area contributed by atoms with Gasteiger partial charge in [-0.05, 0) is 30.2 Å². The van der Waals surface area contributed by atoms with Crippen LogP contribution in [0.3, 0.4) is 0 Å². The highest BCUT2D eigenvalue weighted by Crippen LogP contribution is 2.27. The molecule has 112 valence electrons. The van der Waals surface area contributed by atoms with Crippen LogP contribution in [0.2, 0.25) is 10.0 Å². The summed E-state index contributed by atoms with van der Waals surface area (Å²) in [4.78, 5) is 13.6. The molecule has 0 saturated heterocycles. The van der Waals surface area contributed by atoms with Gasteiger partial charge in [0.1, 0.15) is 5.75 Å². The van der Waals surface area contributed by atoms with E-state index < -0.39 is 0 Å². The number of halogens is 2. The number of rotatable bonds is 6. The van der Waals surface area contributed by atoms with Crippen molar-refractivity contribution in [2.45, 2.75) is 6.42 Å². The molecule has 1 heterocycles. The van der Waals surface area contributed by atoms with E-state index in [0.717, 1.165) is 12.0 Å². The van der Waals surface area contributed by atoms with Crippen LogP contribution in [0, 0.1) is 0 Å². The number of aromatic amines is 1. The minimum atomic E-state index is -0.121. The lowest BCUT2D eigenvalue weighted by atomic mass is 10.2. The molecule has 0 radical (unpaired) electrons. The highest BCUT2D eigenvalue weighted by molar-refractivity contribution is 6.35. The Kier molecular flexibility index (Phi) is 5.47. The zero-order chi connectivity index (χ0) is 15.2. The largest absolute Gasteiger partial charge is 0.482 e. The molecule has 0 spiro atoms. The minimum absolute atomic E-state index is 0.0662. The molecule has 0 unspecified atom stereocenters. The van der Waals surface area contributed by atoms with E-state index in [1.165, 1.54) is 0 Å². The summed E-state index contributed by atoms with van der Waals surface area (Å²) in [6.45, 7) is 0.527. The van der Waals surface area contributed by atoms with Gasteiger partial charge in [0.05, 0.1) is 11.2 Å². The van der Waals surface area contributed by atoms with Crippen molar-refractivity contribution in [2.75, 3.05) is 20.2 Å². The summed E-state index contributed by atoms with van der Waals surface area (Å²) in [7, 11) is 1.73. The third-order valence-electron chi connectivity index (χ3n) is 2.96. The Morgan fingerprint density at radius 1 is 1.43 bits per heavy atom. The van der Waals surface area contributed by atoms with E-state index in [4.69, 9.17) is 27.9 Å². The first-order valence-electron chi connectivity index (χ1n) is 6.35. The van der Waals surface area contributed by atoms with Crippen molar-refractivity contribution in [3.63, 3.8) is 0 Å². The Morgan fingerprint density at radius 3 is 2.90 bits per heavy atom. The maximum absolute atomic E-state index is 12.0. The molecule has 0 aliphatic heterocycles. The number of carbonyl (C=O) groups excluding carboxylic acids is 1. The molecule has 1 N–H and O–H groups in total. The van der Waals surface area contributed by atoms with E-state index >= 15 is 0 Å². The molecule has 0 atom stereocenters. The van der Waals surface area contributed by atoms with Crippen LogP contribution in [-0.4, -0.2) is 41.2 Å². The van der Waals surface area contributed by atoms with Crippen LogP contribution >= 0.6 is 23.2 Å². The van der Waals surface area contributed by atoms with E-state index in [-0.39, 0.29) is 12.5 Å². The predicted octanol–water partition coefficient (Wildman–Crippen LogP) is 2.80. The van der Waals surface area contributed by atoms with Gasteiger partial charge in [0, 0.05) is 24.8 Å². The van der Waals surface area contributed by atoms with E-state index in [2.05, 4.69) is 10.2 Å². The number of amides is 1. The Hall–Kier alpha value is -1.72. The number of ether oxygens (including phenoxy) is 1. The molecule has 0 fully saturated rings. The van der Waals surface area contributed by atoms with E-state index in [1.807, 2.05) is 6.20 Å². The maximum atomic E-state index is 12.0. The van der Waals surface area contributed by atoms with Crippen molar-refractivity contribution >= 4 is 29.1 Å². The summed E-state index contributed by atoms with van der Waals surface area (Å²) in [5, 5.41) is 7.51. The van der Waals surface area contributed by atoms with Gasteiger partial charge < -0.3 is 9.64 Å². The van der Waals surface area contributed by atoms with Crippen molar-refractivity contribution < 1.29 is 9.53 Å². The monoisotopic (exact) mass is 327 g/mol. The van der Waals surface area contributed by atoms with Gasteiger partial charge in [-0.1, -0.05) is 23.2 Å². The number of hydrogen-bond donors (Lipinski definition) is 1. The minimum Gasteiger partial charge on any atom is -0.482 e. The van der Waals surface area contributed by atoms with Gasteiger partial charge in [0.15, 0.2) is 6.61 Å². The summed E-state index contributed by atoms with van der Waals surface area (Å²) in [6.07, 6.45) is 4.28. The van der Waals surface area contributed by atoms with Crippen LogP contribution < -0.4 is 4.74 Å². The molecule has 1 aromatic carbocycles. The van der Waals surface area contributed by atoms with Gasteiger partial charge >= 0.3 is 0 Å². The van der Waals surface area contributed by atoms with E-state index in [0.29, 0.717) is 22.3 Å². The quantitative estimate of drug-likeness (QED) is 0.887. The Morgan fingerprint density at radius 2 is 2.24 bits per heavy atom. The topological polar surface area (TPSA) is 58.2 Å². The third-order valence-corrected chi connectivity index (χ3v) is 3.49. The lowest BCUT2D eigenvalue weighted by Gasteiger charge is -2.17. The lowest BCUT2D eigenvalue weighted by Crippen LogP contribution is -2.33. The highest BCUT2D eigenvalue weighted by atomic mass is 35.5. The Labute approximate surface area is 132 Å². The summed E-state index contributed by atoms with van der Waals surface area (Å²) < 4.78 is 5.41. The molecule has 21 heavy (non-hydrogen) atoms. The molecule has 0 bridgehead atoms. The van der Waals surface area contributed by atoms with Gasteiger partial charge in [-0.15, -0.1) is 0 Å². The number of hydrogen-bond acceptors (Lipinski definition) is 3. The summed E-state index contributed by atoms with van der Waals surface area (Å²) in [5.74, 6) is 0.321. The average molecular weight is 328 g/mol. The number of nitrogens with zero attached hydrogens (tertiary/aromatic N) is 2. The SMILES string of the molecule is CN(CCc1cn[nH]c1)C(=O)COc1ccc(Cl)cc1Cl. The fourth-order valence-electron chi connectivity index (χ4n) is 1.68. The normalized spacial score (nSPS) is 10.4. The molecule has 7 heteroatoms. The van der Waals surface area contributed by atoms with Crippen molar-refractivity contribution in [3.05, 3.63) is 46.2 Å². The van der Waals surface area contributed by atoms with Gasteiger partial charge in [-0.3, -0.25) is 9.89 Å². The van der Waals surface area contributed by atoms with Gasteiger partial charge in [-0.2, -0.15) is 5.10 Å². The van der Waals surface area contributed by atoms with E-state index in [9.17, 15) is 4.79 Å². The van der Waals surface area contributed by atoms with Crippen LogP contribution in [0.25, 0.3) is 0 Å².